The fourth-order valence-electron chi connectivity index (χ4n) is 2.35. The molecule has 1 atom stereocenters. The van der Waals surface area contributed by atoms with E-state index in [1.54, 1.807) is 25.1 Å². The molecule has 0 unspecified atom stereocenters. The second-order valence-corrected chi connectivity index (χ2v) is 5.74. The van der Waals surface area contributed by atoms with Gasteiger partial charge in [-0.25, -0.2) is 0 Å². The van der Waals surface area contributed by atoms with Crippen LogP contribution < -0.4 is 5.32 Å². The number of non-ortho nitro benzene ring substituents is 1. The molecule has 3 rings (SSSR count). The first-order valence-electron chi connectivity index (χ1n) is 8.15. The molecule has 0 spiro atoms. The summed E-state index contributed by atoms with van der Waals surface area (Å²) in [4.78, 5) is 26.6. The summed E-state index contributed by atoms with van der Waals surface area (Å²) in [6, 6.07) is 14.9. The molecule has 1 amide bonds. The lowest BCUT2D eigenvalue weighted by Crippen LogP contribution is -2.24. The van der Waals surface area contributed by atoms with E-state index in [2.05, 4.69) is 15.5 Å². The number of hydrogen-bond acceptors (Lipinski definition) is 6. The van der Waals surface area contributed by atoms with Gasteiger partial charge in [0.15, 0.2) is 0 Å². The van der Waals surface area contributed by atoms with Crippen molar-refractivity contribution in [1.29, 1.82) is 0 Å². The Balaban J connectivity index is 1.67. The van der Waals surface area contributed by atoms with Gasteiger partial charge in [-0.2, -0.15) is 4.98 Å². The van der Waals surface area contributed by atoms with Crippen LogP contribution in [0.25, 0.3) is 17.5 Å². The highest BCUT2D eigenvalue weighted by Crippen LogP contribution is 2.22. The van der Waals surface area contributed by atoms with Crippen LogP contribution >= 0.6 is 0 Å². The fraction of sp³-hybridized carbons (Fsp3) is 0.105. The standard InChI is InChI=1S/C19H16N4O4/c1-13(20-17(24)11-10-14-6-3-2-4-7-14)19-21-18(22-27-19)15-8-5-9-16(12-15)23(25)26/h2-13H,1H3,(H,20,24)/b11-10+/t13-/m0/s1. The zero-order valence-corrected chi connectivity index (χ0v) is 14.4. The third-order valence-corrected chi connectivity index (χ3v) is 3.71. The van der Waals surface area contributed by atoms with Gasteiger partial charge in [0.25, 0.3) is 5.69 Å². The van der Waals surface area contributed by atoms with Crippen molar-refractivity contribution in [3.63, 3.8) is 0 Å². The summed E-state index contributed by atoms with van der Waals surface area (Å²) >= 11 is 0. The number of carbonyl (C=O) groups excluding carboxylic acids is 1. The largest absolute Gasteiger partial charge is 0.341 e. The summed E-state index contributed by atoms with van der Waals surface area (Å²) in [7, 11) is 0. The van der Waals surface area contributed by atoms with Gasteiger partial charge in [-0.05, 0) is 18.6 Å². The van der Waals surface area contributed by atoms with Crippen LogP contribution in [0.5, 0.6) is 0 Å². The highest BCUT2D eigenvalue weighted by molar-refractivity contribution is 5.91. The lowest BCUT2D eigenvalue weighted by Gasteiger charge is -2.06. The highest BCUT2D eigenvalue weighted by Gasteiger charge is 2.17. The van der Waals surface area contributed by atoms with E-state index in [1.165, 1.54) is 18.2 Å². The number of rotatable bonds is 6. The predicted octanol–water partition coefficient (Wildman–Crippen LogP) is 3.54. The average molecular weight is 364 g/mol. The van der Waals surface area contributed by atoms with Crippen molar-refractivity contribution in [2.45, 2.75) is 13.0 Å². The molecule has 8 heteroatoms. The monoisotopic (exact) mass is 364 g/mol. The van der Waals surface area contributed by atoms with Gasteiger partial charge in [-0.1, -0.05) is 47.6 Å². The number of hydrogen-bond donors (Lipinski definition) is 1. The number of carbonyl (C=O) groups is 1. The van der Waals surface area contributed by atoms with Crippen molar-refractivity contribution in [3.8, 4) is 11.4 Å². The maximum atomic E-state index is 12.0. The lowest BCUT2D eigenvalue weighted by molar-refractivity contribution is -0.384. The minimum Gasteiger partial charge on any atom is -0.341 e. The van der Waals surface area contributed by atoms with Crippen molar-refractivity contribution in [2.24, 2.45) is 0 Å². The molecule has 1 heterocycles. The van der Waals surface area contributed by atoms with Gasteiger partial charge in [0.2, 0.25) is 17.6 Å². The molecule has 0 bridgehead atoms. The second kappa shape index (κ2) is 8.05. The molecule has 1 aromatic heterocycles. The van der Waals surface area contributed by atoms with E-state index in [4.69, 9.17) is 4.52 Å². The Hall–Kier alpha value is -3.81. The van der Waals surface area contributed by atoms with Crippen molar-refractivity contribution in [1.82, 2.24) is 15.5 Å². The van der Waals surface area contributed by atoms with E-state index >= 15 is 0 Å². The zero-order valence-electron chi connectivity index (χ0n) is 14.4. The van der Waals surface area contributed by atoms with Crippen LogP contribution in [0.3, 0.4) is 0 Å². The third kappa shape index (κ3) is 4.63. The van der Waals surface area contributed by atoms with E-state index in [0.29, 0.717) is 5.56 Å². The number of nitro groups is 1. The van der Waals surface area contributed by atoms with Crippen LogP contribution in [0.1, 0.15) is 24.4 Å². The van der Waals surface area contributed by atoms with Gasteiger partial charge in [0, 0.05) is 23.8 Å². The van der Waals surface area contributed by atoms with Crippen LogP contribution in [-0.4, -0.2) is 21.0 Å². The van der Waals surface area contributed by atoms with E-state index in [9.17, 15) is 14.9 Å². The molecule has 0 radical (unpaired) electrons. The van der Waals surface area contributed by atoms with E-state index in [1.807, 2.05) is 30.3 Å². The van der Waals surface area contributed by atoms with Crippen LogP contribution in [0.15, 0.2) is 65.2 Å². The predicted molar refractivity (Wildman–Crippen MR) is 98.4 cm³/mol. The molecule has 0 saturated carbocycles. The highest BCUT2D eigenvalue weighted by atomic mass is 16.6. The van der Waals surface area contributed by atoms with Crippen molar-refractivity contribution >= 4 is 17.7 Å². The first-order chi connectivity index (χ1) is 13.0. The summed E-state index contributed by atoms with van der Waals surface area (Å²) in [6.07, 6.45) is 3.12. The zero-order chi connectivity index (χ0) is 19.2. The summed E-state index contributed by atoms with van der Waals surface area (Å²) < 4.78 is 5.18. The summed E-state index contributed by atoms with van der Waals surface area (Å²) in [5.74, 6) is 0.119. The fourth-order valence-corrected chi connectivity index (χ4v) is 2.35. The minimum atomic E-state index is -0.516. The average Bonchev–Trinajstić information content (AvgIpc) is 3.18. The Kier molecular flexibility index (Phi) is 5.36. The molecular formula is C19H16N4O4. The van der Waals surface area contributed by atoms with Gasteiger partial charge >= 0.3 is 0 Å². The molecular weight excluding hydrogens is 348 g/mol. The molecule has 1 N–H and O–H groups in total. The number of benzene rings is 2. The Labute approximate surface area is 154 Å². The van der Waals surface area contributed by atoms with Gasteiger partial charge in [0.1, 0.15) is 6.04 Å². The Morgan fingerprint density at radius 3 is 2.74 bits per heavy atom. The van der Waals surface area contributed by atoms with Gasteiger partial charge < -0.3 is 9.84 Å². The number of nitrogens with one attached hydrogen (secondary N) is 1. The lowest BCUT2D eigenvalue weighted by atomic mass is 10.2. The first kappa shape index (κ1) is 18.0. The maximum absolute atomic E-state index is 12.0. The summed E-state index contributed by atoms with van der Waals surface area (Å²) in [5.41, 5.74) is 1.30. The van der Waals surface area contributed by atoms with Crippen LogP contribution in [0.4, 0.5) is 5.69 Å². The second-order valence-electron chi connectivity index (χ2n) is 5.74. The number of nitrogens with zero attached hydrogens (tertiary/aromatic N) is 3. The molecule has 0 saturated heterocycles. The number of nitro benzene ring substituents is 1. The number of amides is 1. The molecule has 27 heavy (non-hydrogen) atoms. The maximum Gasteiger partial charge on any atom is 0.270 e. The van der Waals surface area contributed by atoms with Crippen LogP contribution in [0.2, 0.25) is 0 Å². The number of aromatic nitrogens is 2. The Morgan fingerprint density at radius 2 is 2.00 bits per heavy atom. The first-order valence-corrected chi connectivity index (χ1v) is 8.15. The normalized spacial score (nSPS) is 12.0. The topological polar surface area (TPSA) is 111 Å². The Morgan fingerprint density at radius 1 is 1.22 bits per heavy atom. The van der Waals surface area contributed by atoms with Gasteiger partial charge in [0.05, 0.1) is 4.92 Å². The molecule has 3 aromatic rings. The molecule has 0 aliphatic carbocycles. The molecule has 0 aliphatic heterocycles. The summed E-state index contributed by atoms with van der Waals surface area (Å²) in [5, 5.41) is 17.4. The molecule has 8 nitrogen and oxygen atoms in total. The van der Waals surface area contributed by atoms with Crippen LogP contribution in [-0.2, 0) is 4.79 Å². The third-order valence-electron chi connectivity index (χ3n) is 3.71. The van der Waals surface area contributed by atoms with E-state index in [0.717, 1.165) is 5.56 Å². The molecule has 2 aromatic carbocycles. The van der Waals surface area contributed by atoms with Crippen molar-refractivity contribution < 1.29 is 14.2 Å². The van der Waals surface area contributed by atoms with Crippen molar-refractivity contribution in [2.75, 3.05) is 0 Å². The van der Waals surface area contributed by atoms with Crippen molar-refractivity contribution in [3.05, 3.63) is 82.2 Å². The molecule has 0 aliphatic rings. The minimum absolute atomic E-state index is 0.0637. The quantitative estimate of drug-likeness (QED) is 0.407. The molecule has 136 valence electrons. The van der Waals surface area contributed by atoms with E-state index in [-0.39, 0.29) is 23.3 Å². The summed E-state index contributed by atoms with van der Waals surface area (Å²) in [6.45, 7) is 1.71. The van der Waals surface area contributed by atoms with Crippen LogP contribution in [0, 0.1) is 10.1 Å². The smallest absolute Gasteiger partial charge is 0.270 e. The van der Waals surface area contributed by atoms with Gasteiger partial charge in [-0.3, -0.25) is 14.9 Å². The SMILES string of the molecule is C[C@H](NC(=O)/C=C/c1ccccc1)c1nc(-c2cccc([N+](=O)[O-])c2)no1. The molecule has 0 fully saturated rings. The van der Waals surface area contributed by atoms with E-state index < -0.39 is 11.0 Å². The van der Waals surface area contributed by atoms with Gasteiger partial charge in [-0.15, -0.1) is 0 Å². The Bertz CT molecular complexity index is 982.